The molecule has 1 aromatic carbocycles. The number of rotatable bonds is 6. The first-order chi connectivity index (χ1) is 11.4. The number of aliphatic carboxylic acids is 1. The van der Waals surface area contributed by atoms with Gasteiger partial charge in [0.25, 0.3) is 0 Å². The van der Waals surface area contributed by atoms with Crippen LogP contribution in [0.2, 0.25) is 0 Å². The largest absolute Gasteiger partial charge is 0.490 e. The molecule has 0 unspecified atom stereocenters. The van der Waals surface area contributed by atoms with E-state index in [1.165, 1.54) is 25.5 Å². The van der Waals surface area contributed by atoms with Crippen LogP contribution < -0.4 is 10.1 Å². The van der Waals surface area contributed by atoms with Gasteiger partial charge in [0, 0.05) is 11.6 Å². The first-order valence-corrected chi connectivity index (χ1v) is 7.41. The molecule has 0 saturated carbocycles. The smallest absolute Gasteiger partial charge is 0.311 e. The van der Waals surface area contributed by atoms with E-state index in [9.17, 15) is 19.7 Å². The van der Waals surface area contributed by atoms with Crippen LogP contribution in [-0.2, 0) is 9.59 Å². The van der Waals surface area contributed by atoms with Gasteiger partial charge in [-0.05, 0) is 12.1 Å². The monoisotopic (exact) mass is 352 g/mol. The Bertz CT molecular complexity index is 748. The predicted molar refractivity (Wildman–Crippen MR) is 86.5 cm³/mol. The van der Waals surface area contributed by atoms with Gasteiger partial charge in [-0.2, -0.15) is 5.10 Å². The number of hydrogen-bond donors (Lipinski definition) is 2. The van der Waals surface area contributed by atoms with Gasteiger partial charge < -0.3 is 15.2 Å². The van der Waals surface area contributed by atoms with E-state index < -0.39 is 22.0 Å². The molecule has 1 amide bonds. The van der Waals surface area contributed by atoms with Crippen LogP contribution in [-0.4, -0.2) is 45.6 Å². The SMILES string of the molecule is COc1ccc(/C=N\N=C2/NC(=O)[C@@H](CC(=O)O)S2)cc1[N+](=O)[O-]. The third-order valence-electron chi connectivity index (χ3n) is 2.89. The Morgan fingerprint density at radius 3 is 2.96 bits per heavy atom. The van der Waals surface area contributed by atoms with Crippen LogP contribution in [0.3, 0.4) is 0 Å². The molecule has 0 radical (unpaired) electrons. The van der Waals surface area contributed by atoms with E-state index >= 15 is 0 Å². The number of carbonyl (C=O) groups excluding carboxylic acids is 1. The van der Waals surface area contributed by atoms with Crippen molar-refractivity contribution in [3.8, 4) is 5.75 Å². The standard InChI is InChI=1S/C13H12N4O6S/c1-23-9-3-2-7(4-8(9)17(21)22)6-14-16-13-15-12(20)10(24-13)5-11(18)19/h2-4,6,10H,5H2,1H3,(H,18,19)(H,15,16,20)/b14-6-/t10-/m1/s1. The van der Waals surface area contributed by atoms with Gasteiger partial charge in [0.2, 0.25) is 5.91 Å². The first kappa shape index (κ1) is 17.4. The number of ether oxygens (including phenoxy) is 1. The maximum Gasteiger partial charge on any atom is 0.311 e. The zero-order valence-electron chi connectivity index (χ0n) is 12.3. The van der Waals surface area contributed by atoms with Crippen molar-refractivity contribution in [2.24, 2.45) is 10.2 Å². The van der Waals surface area contributed by atoms with Gasteiger partial charge in [-0.15, -0.1) is 5.10 Å². The highest BCUT2D eigenvalue weighted by Gasteiger charge is 2.32. The highest BCUT2D eigenvalue weighted by molar-refractivity contribution is 8.15. The summed E-state index contributed by atoms with van der Waals surface area (Å²) in [6, 6.07) is 4.26. The summed E-state index contributed by atoms with van der Waals surface area (Å²) in [7, 11) is 1.33. The molecule has 1 saturated heterocycles. The third kappa shape index (κ3) is 4.29. The second kappa shape index (κ2) is 7.55. The second-order valence-electron chi connectivity index (χ2n) is 4.53. The van der Waals surface area contributed by atoms with Crippen LogP contribution in [0, 0.1) is 10.1 Å². The number of nitrogens with zero attached hydrogens (tertiary/aromatic N) is 3. The molecule has 126 valence electrons. The molecule has 0 bridgehead atoms. The topological polar surface area (TPSA) is 143 Å². The van der Waals surface area contributed by atoms with Gasteiger partial charge in [-0.1, -0.05) is 11.8 Å². The van der Waals surface area contributed by atoms with Crippen LogP contribution in [0.5, 0.6) is 5.75 Å². The van der Waals surface area contributed by atoms with Crippen LogP contribution in [0.25, 0.3) is 0 Å². The molecular formula is C13H12N4O6S. The average Bonchev–Trinajstić information content (AvgIpc) is 2.86. The Hall–Kier alpha value is -2.95. The van der Waals surface area contributed by atoms with Crippen LogP contribution in [0.15, 0.2) is 28.4 Å². The Morgan fingerprint density at radius 2 is 2.33 bits per heavy atom. The molecule has 2 N–H and O–H groups in total. The molecular weight excluding hydrogens is 340 g/mol. The minimum atomic E-state index is -1.09. The summed E-state index contributed by atoms with van der Waals surface area (Å²) in [6.07, 6.45) is 0.959. The minimum absolute atomic E-state index is 0.124. The van der Waals surface area contributed by atoms with Gasteiger partial charge >= 0.3 is 11.7 Å². The number of hydrogen-bond acceptors (Lipinski definition) is 8. The van der Waals surface area contributed by atoms with Crippen LogP contribution >= 0.6 is 11.8 Å². The predicted octanol–water partition coefficient (Wildman–Crippen LogP) is 1.000. The molecule has 1 fully saturated rings. The van der Waals surface area contributed by atoms with Gasteiger partial charge in [0.1, 0.15) is 5.25 Å². The number of benzene rings is 1. The summed E-state index contributed by atoms with van der Waals surface area (Å²) in [5.41, 5.74) is 0.211. The number of amidine groups is 1. The normalized spacial score (nSPS) is 18.8. The molecule has 1 aliphatic rings. The van der Waals surface area contributed by atoms with Crippen molar-refractivity contribution in [3.05, 3.63) is 33.9 Å². The molecule has 0 spiro atoms. The molecule has 1 aromatic rings. The van der Waals surface area contributed by atoms with Gasteiger partial charge in [-0.3, -0.25) is 19.7 Å². The number of nitro benzene ring substituents is 1. The maximum atomic E-state index is 11.5. The van der Waals surface area contributed by atoms with E-state index in [2.05, 4.69) is 15.5 Å². The summed E-state index contributed by atoms with van der Waals surface area (Å²) >= 11 is 0.963. The van der Waals surface area contributed by atoms with E-state index in [-0.39, 0.29) is 23.0 Å². The quantitative estimate of drug-likeness (QED) is 0.441. The Kier molecular flexibility index (Phi) is 5.47. The molecule has 0 aromatic heterocycles. The zero-order chi connectivity index (χ0) is 17.7. The number of nitro groups is 1. The fourth-order valence-corrected chi connectivity index (χ4v) is 2.74. The van der Waals surface area contributed by atoms with Crippen molar-refractivity contribution in [3.63, 3.8) is 0 Å². The Balaban J connectivity index is 2.09. The molecule has 0 aliphatic carbocycles. The molecule has 24 heavy (non-hydrogen) atoms. The Morgan fingerprint density at radius 1 is 1.58 bits per heavy atom. The lowest BCUT2D eigenvalue weighted by Crippen LogP contribution is -2.26. The summed E-state index contributed by atoms with van der Waals surface area (Å²) in [4.78, 5) is 32.5. The van der Waals surface area contributed by atoms with E-state index in [0.29, 0.717) is 5.56 Å². The molecule has 1 heterocycles. The van der Waals surface area contributed by atoms with E-state index in [0.717, 1.165) is 11.8 Å². The van der Waals surface area contributed by atoms with Crippen molar-refractivity contribution in [1.29, 1.82) is 0 Å². The van der Waals surface area contributed by atoms with Crippen molar-refractivity contribution in [2.45, 2.75) is 11.7 Å². The lowest BCUT2D eigenvalue weighted by atomic mass is 10.2. The maximum absolute atomic E-state index is 11.5. The molecule has 1 atom stereocenters. The fraction of sp³-hybridized carbons (Fsp3) is 0.231. The number of carboxylic acid groups (broad SMARTS) is 1. The molecule has 11 heteroatoms. The van der Waals surface area contributed by atoms with Crippen molar-refractivity contribution in [2.75, 3.05) is 7.11 Å². The number of thioether (sulfide) groups is 1. The van der Waals surface area contributed by atoms with Gasteiger partial charge in [0.15, 0.2) is 10.9 Å². The summed E-state index contributed by atoms with van der Waals surface area (Å²) in [5.74, 6) is -1.41. The van der Waals surface area contributed by atoms with Crippen LogP contribution in [0.1, 0.15) is 12.0 Å². The summed E-state index contributed by atoms with van der Waals surface area (Å²) in [6.45, 7) is 0. The highest BCUT2D eigenvalue weighted by Crippen LogP contribution is 2.27. The highest BCUT2D eigenvalue weighted by atomic mass is 32.2. The summed E-state index contributed by atoms with van der Waals surface area (Å²) < 4.78 is 4.89. The number of carboxylic acids is 1. The van der Waals surface area contributed by atoms with E-state index in [1.807, 2.05) is 0 Å². The summed E-state index contributed by atoms with van der Waals surface area (Å²) in [5, 5.41) is 29.0. The van der Waals surface area contributed by atoms with Gasteiger partial charge in [-0.25, -0.2) is 0 Å². The van der Waals surface area contributed by atoms with Crippen LogP contribution in [0.4, 0.5) is 5.69 Å². The lowest BCUT2D eigenvalue weighted by molar-refractivity contribution is -0.385. The average molecular weight is 352 g/mol. The van der Waals surface area contributed by atoms with Crippen molar-refractivity contribution in [1.82, 2.24) is 5.32 Å². The van der Waals surface area contributed by atoms with Gasteiger partial charge in [0.05, 0.1) is 24.7 Å². The minimum Gasteiger partial charge on any atom is -0.490 e. The number of amides is 1. The fourth-order valence-electron chi connectivity index (χ4n) is 1.82. The first-order valence-electron chi connectivity index (χ1n) is 6.53. The Labute approximate surface area is 139 Å². The third-order valence-corrected chi connectivity index (χ3v) is 3.96. The molecule has 10 nitrogen and oxygen atoms in total. The van der Waals surface area contributed by atoms with Crippen molar-refractivity contribution >= 4 is 40.7 Å². The number of methoxy groups -OCH3 is 1. The van der Waals surface area contributed by atoms with Crippen molar-refractivity contribution < 1.29 is 24.4 Å². The molecule has 1 aliphatic heterocycles. The second-order valence-corrected chi connectivity index (χ2v) is 5.72. The number of carbonyl (C=O) groups is 2. The van der Waals surface area contributed by atoms with E-state index in [1.54, 1.807) is 6.07 Å². The number of nitrogens with one attached hydrogen (secondary N) is 1. The zero-order valence-corrected chi connectivity index (χ0v) is 13.1. The van der Waals surface area contributed by atoms with E-state index in [4.69, 9.17) is 9.84 Å². The lowest BCUT2D eigenvalue weighted by Gasteiger charge is -2.01. The molecule has 2 rings (SSSR count).